The number of carbonyl (C=O) groups is 1. The summed E-state index contributed by atoms with van der Waals surface area (Å²) in [6, 6.07) is 14.9. The molecule has 7 heteroatoms. The number of nitrogens with one attached hydrogen (secondary N) is 1. The molecule has 1 aromatic heterocycles. The van der Waals surface area contributed by atoms with E-state index in [1.165, 1.54) is 0 Å². The van der Waals surface area contributed by atoms with Crippen molar-refractivity contribution in [2.24, 2.45) is 0 Å². The molecule has 0 unspecified atom stereocenters. The van der Waals surface area contributed by atoms with Crippen molar-refractivity contribution in [3.63, 3.8) is 0 Å². The van der Waals surface area contributed by atoms with Crippen molar-refractivity contribution in [1.82, 2.24) is 10.2 Å². The van der Waals surface area contributed by atoms with Crippen molar-refractivity contribution in [2.75, 3.05) is 11.6 Å². The summed E-state index contributed by atoms with van der Waals surface area (Å²) in [4.78, 5) is 13.2. The maximum atomic E-state index is 12.2. The molecular weight excluding hydrogens is 378 g/mol. The van der Waals surface area contributed by atoms with Gasteiger partial charge in [0.2, 0.25) is 5.89 Å². The Bertz CT molecular complexity index is 851. The highest BCUT2D eigenvalue weighted by Crippen LogP contribution is 2.23. The van der Waals surface area contributed by atoms with Gasteiger partial charge >= 0.3 is 6.01 Å². The number of carbonyl (C=O) groups excluding carboxylic acids is 1. The fraction of sp³-hybridized carbons (Fsp3) is 0.0625. The van der Waals surface area contributed by atoms with E-state index in [-0.39, 0.29) is 11.9 Å². The molecule has 0 aliphatic rings. The number of rotatable bonds is 4. The van der Waals surface area contributed by atoms with Crippen LogP contribution in [0.15, 0.2) is 62.3 Å². The van der Waals surface area contributed by atoms with E-state index in [1.54, 1.807) is 17.8 Å². The number of hydrogen-bond acceptors (Lipinski definition) is 5. The van der Waals surface area contributed by atoms with Gasteiger partial charge in [0.1, 0.15) is 0 Å². The molecule has 0 fully saturated rings. The summed E-state index contributed by atoms with van der Waals surface area (Å²) in [5.41, 5.74) is 1.32. The van der Waals surface area contributed by atoms with E-state index in [4.69, 9.17) is 4.42 Å². The zero-order valence-corrected chi connectivity index (χ0v) is 14.5. The third-order valence-corrected chi connectivity index (χ3v) is 4.27. The van der Waals surface area contributed by atoms with Crippen LogP contribution in [0.4, 0.5) is 6.01 Å². The second kappa shape index (κ2) is 6.97. The van der Waals surface area contributed by atoms with E-state index in [9.17, 15) is 4.79 Å². The number of amides is 1. The maximum Gasteiger partial charge on any atom is 0.322 e. The van der Waals surface area contributed by atoms with Crippen molar-refractivity contribution in [2.45, 2.75) is 4.90 Å². The number of benzene rings is 2. The number of thioether (sulfide) groups is 1. The molecule has 1 amide bonds. The average molecular weight is 390 g/mol. The lowest BCUT2D eigenvalue weighted by Crippen LogP contribution is -2.12. The first-order chi connectivity index (χ1) is 11.2. The average Bonchev–Trinajstić information content (AvgIpc) is 3.03. The first-order valence-electron chi connectivity index (χ1n) is 6.70. The number of halogens is 1. The van der Waals surface area contributed by atoms with Gasteiger partial charge in [0.05, 0.1) is 0 Å². The third-order valence-electron chi connectivity index (χ3n) is 3.05. The van der Waals surface area contributed by atoms with Gasteiger partial charge in [-0.15, -0.1) is 16.9 Å². The van der Waals surface area contributed by atoms with Gasteiger partial charge in [-0.3, -0.25) is 10.1 Å². The molecule has 0 saturated carbocycles. The van der Waals surface area contributed by atoms with Gasteiger partial charge in [0, 0.05) is 20.5 Å². The minimum Gasteiger partial charge on any atom is -0.403 e. The van der Waals surface area contributed by atoms with Crippen LogP contribution in [0.3, 0.4) is 0 Å². The van der Waals surface area contributed by atoms with Gasteiger partial charge in [0.15, 0.2) is 0 Å². The minimum atomic E-state index is -0.287. The topological polar surface area (TPSA) is 68.0 Å². The molecule has 0 atom stereocenters. The van der Waals surface area contributed by atoms with E-state index < -0.39 is 0 Å². The smallest absolute Gasteiger partial charge is 0.322 e. The zero-order valence-electron chi connectivity index (χ0n) is 12.1. The number of aromatic nitrogens is 2. The molecule has 1 N–H and O–H groups in total. The van der Waals surface area contributed by atoms with E-state index in [0.717, 1.165) is 14.9 Å². The molecule has 23 heavy (non-hydrogen) atoms. The lowest BCUT2D eigenvalue weighted by molar-refractivity contribution is 0.102. The lowest BCUT2D eigenvalue weighted by Gasteiger charge is -2.02. The molecule has 0 aliphatic heterocycles. The molecule has 3 rings (SSSR count). The molecule has 0 bridgehead atoms. The van der Waals surface area contributed by atoms with Crippen LogP contribution in [0, 0.1) is 0 Å². The van der Waals surface area contributed by atoms with E-state index in [2.05, 4.69) is 31.4 Å². The second-order valence-corrected chi connectivity index (χ2v) is 6.40. The number of hydrogen-bond donors (Lipinski definition) is 1. The fourth-order valence-corrected chi connectivity index (χ4v) is 2.80. The number of nitrogens with zero attached hydrogens (tertiary/aromatic N) is 2. The van der Waals surface area contributed by atoms with Crippen LogP contribution < -0.4 is 5.32 Å². The fourth-order valence-electron chi connectivity index (χ4n) is 1.95. The molecule has 0 radical (unpaired) electrons. The lowest BCUT2D eigenvalue weighted by atomic mass is 10.2. The van der Waals surface area contributed by atoms with E-state index >= 15 is 0 Å². The van der Waals surface area contributed by atoms with Gasteiger partial charge in [0.25, 0.3) is 5.91 Å². The first-order valence-corrected chi connectivity index (χ1v) is 8.72. The zero-order chi connectivity index (χ0) is 16.2. The molecule has 1 heterocycles. The Morgan fingerprint density at radius 3 is 2.78 bits per heavy atom. The van der Waals surface area contributed by atoms with Gasteiger partial charge in [-0.2, -0.15) is 0 Å². The van der Waals surface area contributed by atoms with Crippen LogP contribution in [0.25, 0.3) is 11.5 Å². The summed E-state index contributed by atoms with van der Waals surface area (Å²) >= 11 is 4.96. The predicted octanol–water partition coefficient (Wildman–Crippen LogP) is 4.47. The Morgan fingerprint density at radius 1 is 1.17 bits per heavy atom. The van der Waals surface area contributed by atoms with Crippen molar-refractivity contribution in [1.29, 1.82) is 0 Å². The molecule has 3 aromatic rings. The van der Waals surface area contributed by atoms with Crippen LogP contribution in [-0.2, 0) is 0 Å². The first kappa shape index (κ1) is 15.8. The van der Waals surface area contributed by atoms with Gasteiger partial charge in [-0.25, -0.2) is 0 Å². The van der Waals surface area contributed by atoms with Crippen molar-refractivity contribution in [3.8, 4) is 11.5 Å². The number of anilines is 1. The highest BCUT2D eigenvalue weighted by atomic mass is 79.9. The summed E-state index contributed by atoms with van der Waals surface area (Å²) in [7, 11) is 0. The van der Waals surface area contributed by atoms with Crippen molar-refractivity contribution < 1.29 is 9.21 Å². The van der Waals surface area contributed by atoms with Gasteiger partial charge < -0.3 is 4.42 Å². The quantitative estimate of drug-likeness (QED) is 0.666. The molecule has 0 spiro atoms. The van der Waals surface area contributed by atoms with Crippen LogP contribution in [0.2, 0.25) is 0 Å². The largest absolute Gasteiger partial charge is 0.403 e. The molecule has 2 aromatic carbocycles. The van der Waals surface area contributed by atoms with Crippen LogP contribution in [0.1, 0.15) is 10.4 Å². The molecule has 5 nitrogen and oxygen atoms in total. The normalized spacial score (nSPS) is 10.5. The Morgan fingerprint density at radius 2 is 2.00 bits per heavy atom. The second-order valence-electron chi connectivity index (χ2n) is 4.61. The maximum absolute atomic E-state index is 12.2. The minimum absolute atomic E-state index is 0.0690. The third kappa shape index (κ3) is 3.80. The highest BCUT2D eigenvalue weighted by molar-refractivity contribution is 9.10. The van der Waals surface area contributed by atoms with Crippen LogP contribution in [0.5, 0.6) is 0 Å². The molecule has 0 saturated heterocycles. The predicted molar refractivity (Wildman–Crippen MR) is 93.6 cm³/mol. The van der Waals surface area contributed by atoms with Crippen LogP contribution in [-0.4, -0.2) is 22.4 Å². The summed E-state index contributed by atoms with van der Waals surface area (Å²) in [5, 5.41) is 10.4. The molecule has 0 aliphatic carbocycles. The molecular formula is C16H12BrN3O2S. The van der Waals surface area contributed by atoms with Crippen molar-refractivity contribution in [3.05, 3.63) is 58.6 Å². The van der Waals surface area contributed by atoms with Gasteiger partial charge in [-0.1, -0.05) is 33.2 Å². The van der Waals surface area contributed by atoms with E-state index in [1.807, 2.05) is 48.7 Å². The highest BCUT2D eigenvalue weighted by Gasteiger charge is 2.13. The summed E-state index contributed by atoms with van der Waals surface area (Å²) in [5.74, 6) is 0.0600. The molecule has 116 valence electrons. The Balaban J connectivity index is 1.77. The summed E-state index contributed by atoms with van der Waals surface area (Å²) < 4.78 is 6.40. The Kier molecular flexibility index (Phi) is 4.78. The summed E-state index contributed by atoms with van der Waals surface area (Å²) in [6.07, 6.45) is 1.96. The standard InChI is InChI=1S/C16H12BrN3O2S/c1-23-13-7-3-4-10(9-13)14(21)18-16-20-19-15(22-16)11-5-2-6-12(17)8-11/h2-9H,1H3,(H,18,20,21). The Labute approximate surface area is 145 Å². The summed E-state index contributed by atoms with van der Waals surface area (Å²) in [6.45, 7) is 0. The monoisotopic (exact) mass is 389 g/mol. The van der Waals surface area contributed by atoms with Crippen molar-refractivity contribution >= 4 is 39.6 Å². The Hall–Kier alpha value is -2.12. The van der Waals surface area contributed by atoms with Crippen LogP contribution >= 0.6 is 27.7 Å². The van der Waals surface area contributed by atoms with E-state index in [0.29, 0.717) is 11.5 Å². The SMILES string of the molecule is CSc1cccc(C(=O)Nc2nnc(-c3cccc(Br)c3)o2)c1. The van der Waals surface area contributed by atoms with Gasteiger partial charge in [-0.05, 0) is 42.7 Å².